The van der Waals surface area contributed by atoms with Gasteiger partial charge >= 0.3 is 0 Å². The lowest BCUT2D eigenvalue weighted by molar-refractivity contribution is 0.0940. The zero-order chi connectivity index (χ0) is 22.9. The number of aromatic hydroxyl groups is 1. The SMILES string of the molecule is O=C(NC[C@H]1CC[C@H](n2cc3ccc(-c4nccs4)cc3n2)CC1)c1cc(F)c(O)c(F)c1. The molecule has 1 aliphatic rings. The molecule has 170 valence electrons. The summed E-state index contributed by atoms with van der Waals surface area (Å²) in [6.07, 6.45) is 7.60. The second-order valence-electron chi connectivity index (χ2n) is 8.39. The Bertz CT molecular complexity index is 1270. The van der Waals surface area contributed by atoms with Gasteiger partial charge in [-0.05, 0) is 49.8 Å². The van der Waals surface area contributed by atoms with Crippen molar-refractivity contribution in [3.05, 3.63) is 65.3 Å². The molecule has 2 N–H and O–H groups in total. The fraction of sp³-hybridized carbons (Fsp3) is 0.292. The highest BCUT2D eigenvalue weighted by Gasteiger charge is 2.24. The van der Waals surface area contributed by atoms with E-state index in [9.17, 15) is 18.7 Å². The van der Waals surface area contributed by atoms with Gasteiger partial charge in [-0.2, -0.15) is 5.10 Å². The van der Waals surface area contributed by atoms with Gasteiger partial charge in [0.2, 0.25) is 0 Å². The van der Waals surface area contributed by atoms with Crippen LogP contribution < -0.4 is 5.32 Å². The van der Waals surface area contributed by atoms with Crippen LogP contribution in [0.5, 0.6) is 5.75 Å². The molecule has 1 amide bonds. The zero-order valence-corrected chi connectivity index (χ0v) is 18.5. The lowest BCUT2D eigenvalue weighted by Crippen LogP contribution is -2.31. The summed E-state index contributed by atoms with van der Waals surface area (Å²) in [7, 11) is 0. The largest absolute Gasteiger partial charge is 0.503 e. The Labute approximate surface area is 192 Å². The second-order valence-corrected chi connectivity index (χ2v) is 9.29. The second kappa shape index (κ2) is 8.90. The van der Waals surface area contributed by atoms with Gasteiger partial charge in [0, 0.05) is 40.8 Å². The molecule has 1 fully saturated rings. The van der Waals surface area contributed by atoms with Crippen LogP contribution in [-0.4, -0.2) is 32.3 Å². The number of phenols is 1. The Morgan fingerprint density at radius 3 is 2.61 bits per heavy atom. The minimum Gasteiger partial charge on any atom is -0.503 e. The van der Waals surface area contributed by atoms with Gasteiger partial charge in [0.1, 0.15) is 5.01 Å². The Hall–Kier alpha value is -3.33. The van der Waals surface area contributed by atoms with E-state index in [-0.39, 0.29) is 5.56 Å². The van der Waals surface area contributed by atoms with Crippen LogP contribution in [0.4, 0.5) is 8.78 Å². The third-order valence-corrected chi connectivity index (χ3v) is 7.05. The summed E-state index contributed by atoms with van der Waals surface area (Å²) in [5.74, 6) is -3.63. The van der Waals surface area contributed by atoms with Crippen LogP contribution in [-0.2, 0) is 0 Å². The predicted octanol–water partition coefficient (Wildman–Crippen LogP) is 5.30. The molecule has 0 spiro atoms. The van der Waals surface area contributed by atoms with Gasteiger partial charge in [-0.1, -0.05) is 12.1 Å². The van der Waals surface area contributed by atoms with Crippen molar-refractivity contribution in [2.24, 2.45) is 5.92 Å². The van der Waals surface area contributed by atoms with Crippen LogP contribution >= 0.6 is 11.3 Å². The minimum atomic E-state index is -1.15. The maximum absolute atomic E-state index is 13.5. The molecule has 5 rings (SSSR count). The number of nitrogens with zero attached hydrogens (tertiary/aromatic N) is 3. The van der Waals surface area contributed by atoms with Crippen molar-refractivity contribution in [2.75, 3.05) is 6.54 Å². The predicted molar refractivity (Wildman–Crippen MR) is 122 cm³/mol. The van der Waals surface area contributed by atoms with Crippen molar-refractivity contribution in [3.63, 3.8) is 0 Å². The van der Waals surface area contributed by atoms with E-state index in [4.69, 9.17) is 5.10 Å². The summed E-state index contributed by atoms with van der Waals surface area (Å²) in [5, 5.41) is 20.8. The van der Waals surface area contributed by atoms with Crippen LogP contribution in [0.3, 0.4) is 0 Å². The molecule has 2 aromatic heterocycles. The van der Waals surface area contributed by atoms with E-state index in [0.29, 0.717) is 18.5 Å². The smallest absolute Gasteiger partial charge is 0.251 e. The van der Waals surface area contributed by atoms with Crippen LogP contribution in [0.1, 0.15) is 42.1 Å². The number of thiazole rings is 1. The van der Waals surface area contributed by atoms with Gasteiger partial charge in [-0.15, -0.1) is 11.3 Å². The quantitative estimate of drug-likeness (QED) is 0.416. The maximum Gasteiger partial charge on any atom is 0.251 e. The third kappa shape index (κ3) is 4.45. The maximum atomic E-state index is 13.5. The molecule has 0 radical (unpaired) electrons. The van der Waals surface area contributed by atoms with Crippen molar-refractivity contribution in [1.29, 1.82) is 0 Å². The highest BCUT2D eigenvalue weighted by Crippen LogP contribution is 2.33. The molecule has 4 aromatic rings. The van der Waals surface area contributed by atoms with Gasteiger partial charge in [0.05, 0.1) is 11.6 Å². The molecule has 0 atom stereocenters. The number of benzene rings is 2. The first-order valence-electron chi connectivity index (χ1n) is 10.8. The monoisotopic (exact) mass is 468 g/mol. The molecule has 0 bridgehead atoms. The van der Waals surface area contributed by atoms with Gasteiger partial charge < -0.3 is 10.4 Å². The molecule has 9 heteroatoms. The Balaban J connectivity index is 1.18. The number of aromatic nitrogens is 3. The first-order chi connectivity index (χ1) is 16.0. The summed E-state index contributed by atoms with van der Waals surface area (Å²) >= 11 is 1.60. The summed E-state index contributed by atoms with van der Waals surface area (Å²) < 4.78 is 29.0. The molecular weight excluding hydrogens is 446 g/mol. The molecule has 33 heavy (non-hydrogen) atoms. The minimum absolute atomic E-state index is 0.142. The van der Waals surface area contributed by atoms with Crippen molar-refractivity contribution < 1.29 is 18.7 Å². The molecule has 1 aliphatic carbocycles. The molecule has 1 saturated carbocycles. The number of carbonyl (C=O) groups is 1. The number of carbonyl (C=O) groups excluding carboxylic acids is 1. The number of phenolic OH excluding ortho intramolecular Hbond substituents is 1. The average Bonchev–Trinajstić information content (AvgIpc) is 3.50. The molecule has 2 aromatic carbocycles. The van der Waals surface area contributed by atoms with Crippen molar-refractivity contribution in [2.45, 2.75) is 31.7 Å². The van der Waals surface area contributed by atoms with Crippen LogP contribution in [0.15, 0.2) is 48.1 Å². The van der Waals surface area contributed by atoms with E-state index in [1.54, 1.807) is 17.5 Å². The number of hydrogen-bond donors (Lipinski definition) is 2. The van der Waals surface area contributed by atoms with Crippen molar-refractivity contribution >= 4 is 28.1 Å². The lowest BCUT2D eigenvalue weighted by Gasteiger charge is -2.28. The number of nitrogens with one attached hydrogen (secondary N) is 1. The summed E-state index contributed by atoms with van der Waals surface area (Å²) in [5.41, 5.74) is 1.87. The van der Waals surface area contributed by atoms with Gasteiger partial charge in [0.25, 0.3) is 5.91 Å². The van der Waals surface area contributed by atoms with E-state index >= 15 is 0 Å². The fourth-order valence-electron chi connectivity index (χ4n) is 4.37. The summed E-state index contributed by atoms with van der Waals surface area (Å²) in [6.45, 7) is 0.438. The van der Waals surface area contributed by atoms with Crippen LogP contribution in [0.2, 0.25) is 0 Å². The average molecular weight is 469 g/mol. The van der Waals surface area contributed by atoms with Gasteiger partial charge in [-0.3, -0.25) is 9.48 Å². The Morgan fingerprint density at radius 1 is 1.15 bits per heavy atom. The van der Waals surface area contributed by atoms with E-state index < -0.39 is 23.3 Å². The molecular formula is C24H22F2N4O2S. The fourth-order valence-corrected chi connectivity index (χ4v) is 5.01. The molecule has 0 aliphatic heterocycles. The normalized spacial score (nSPS) is 18.5. The summed E-state index contributed by atoms with van der Waals surface area (Å²) in [6, 6.07) is 8.19. The van der Waals surface area contributed by atoms with E-state index in [2.05, 4.69) is 34.7 Å². The van der Waals surface area contributed by atoms with Crippen molar-refractivity contribution in [3.8, 4) is 16.3 Å². The molecule has 6 nitrogen and oxygen atoms in total. The molecule has 0 unspecified atom stereocenters. The van der Waals surface area contributed by atoms with Gasteiger partial charge in [-0.25, -0.2) is 13.8 Å². The summed E-state index contributed by atoms with van der Waals surface area (Å²) in [4.78, 5) is 16.6. The molecule has 2 heterocycles. The first-order valence-corrected chi connectivity index (χ1v) is 11.7. The lowest BCUT2D eigenvalue weighted by atomic mass is 9.86. The topological polar surface area (TPSA) is 80.0 Å². The number of rotatable bonds is 5. The number of amides is 1. The van der Waals surface area contributed by atoms with E-state index in [0.717, 1.165) is 59.3 Å². The molecule has 0 saturated heterocycles. The van der Waals surface area contributed by atoms with Crippen molar-refractivity contribution in [1.82, 2.24) is 20.1 Å². The third-order valence-electron chi connectivity index (χ3n) is 6.23. The van der Waals surface area contributed by atoms with Crippen LogP contribution in [0, 0.1) is 17.6 Å². The van der Waals surface area contributed by atoms with Gasteiger partial charge in [0.15, 0.2) is 17.4 Å². The number of hydrogen-bond acceptors (Lipinski definition) is 5. The highest BCUT2D eigenvalue weighted by molar-refractivity contribution is 7.13. The zero-order valence-electron chi connectivity index (χ0n) is 17.7. The van der Waals surface area contributed by atoms with Crippen LogP contribution in [0.25, 0.3) is 21.5 Å². The van der Waals surface area contributed by atoms with E-state index in [1.165, 1.54) is 0 Å². The Kier molecular flexibility index (Phi) is 5.80. The Morgan fingerprint density at radius 2 is 1.91 bits per heavy atom. The number of halogens is 2. The van der Waals surface area contributed by atoms with E-state index in [1.807, 2.05) is 10.1 Å². The number of fused-ring (bicyclic) bond motifs is 1. The standard InChI is InChI=1S/C24H22F2N4O2S/c25-19-9-17(10-20(26)22(19)31)23(32)28-12-14-1-5-18(6-2-14)30-13-16-4-3-15(11-21(16)29-30)24-27-7-8-33-24/h3-4,7-11,13-14,18,31H,1-2,5-6,12H2,(H,28,32)/t14-,18-. The highest BCUT2D eigenvalue weighted by atomic mass is 32.1. The first kappa shape index (κ1) is 21.5.